The van der Waals surface area contributed by atoms with Crippen molar-refractivity contribution < 1.29 is 17.9 Å². The highest BCUT2D eigenvalue weighted by atomic mass is 32.2. The predicted molar refractivity (Wildman–Crippen MR) is 117 cm³/mol. The number of anilines is 1. The van der Waals surface area contributed by atoms with Gasteiger partial charge >= 0.3 is 0 Å². The molecule has 1 heterocycles. The fourth-order valence-corrected chi connectivity index (χ4v) is 6.31. The molecule has 2 aliphatic rings. The first-order valence-electron chi connectivity index (χ1n) is 10.5. The molecule has 0 radical (unpaired) electrons. The van der Waals surface area contributed by atoms with Crippen LogP contribution in [0.2, 0.25) is 0 Å². The van der Waals surface area contributed by atoms with Crippen LogP contribution in [0.25, 0.3) is 0 Å². The van der Waals surface area contributed by atoms with E-state index in [-0.39, 0.29) is 22.6 Å². The Morgan fingerprint density at radius 2 is 1.87 bits per heavy atom. The fourth-order valence-electron chi connectivity index (χ4n) is 4.43. The van der Waals surface area contributed by atoms with Crippen LogP contribution in [-0.2, 0) is 22.9 Å². The van der Waals surface area contributed by atoms with Crippen molar-refractivity contribution in [3.63, 3.8) is 0 Å². The Morgan fingerprint density at radius 3 is 2.63 bits per heavy atom. The maximum Gasteiger partial charge on any atom is 0.255 e. The molecule has 2 aromatic rings. The van der Waals surface area contributed by atoms with Crippen LogP contribution in [0.1, 0.15) is 54.1 Å². The van der Waals surface area contributed by atoms with Crippen molar-refractivity contribution in [2.45, 2.75) is 56.4 Å². The van der Waals surface area contributed by atoms with Gasteiger partial charge in [0.2, 0.25) is 10.0 Å². The number of carbonyl (C=O) groups is 1. The summed E-state index contributed by atoms with van der Waals surface area (Å²) in [7, 11) is -2.32. The zero-order chi connectivity index (χ0) is 21.3. The van der Waals surface area contributed by atoms with Gasteiger partial charge in [-0.2, -0.15) is 4.31 Å². The van der Waals surface area contributed by atoms with Crippen molar-refractivity contribution in [3.05, 3.63) is 53.1 Å². The Bertz CT molecular complexity index is 1060. The lowest BCUT2D eigenvalue weighted by Gasteiger charge is -2.32. The average Bonchev–Trinajstić information content (AvgIpc) is 3.21. The van der Waals surface area contributed by atoms with E-state index < -0.39 is 10.0 Å². The summed E-state index contributed by atoms with van der Waals surface area (Å²) in [6.07, 6.45) is 5.94. The second-order valence-electron chi connectivity index (χ2n) is 8.12. The molecule has 1 amide bonds. The molecule has 1 unspecified atom stereocenters. The number of rotatable bonds is 5. The number of fused-ring (bicyclic) bond motifs is 1. The van der Waals surface area contributed by atoms with Gasteiger partial charge in [-0.05, 0) is 80.5 Å². The first-order chi connectivity index (χ1) is 14.4. The van der Waals surface area contributed by atoms with Gasteiger partial charge in [-0.1, -0.05) is 12.5 Å². The molecule has 1 atom stereocenters. The SMILES string of the molecule is COc1ccc(C(=O)Nc2ccc3c(c2)CCC3)cc1S(=O)(=O)N1CCCCC1C. The number of carbonyl (C=O) groups excluding carboxylic acids is 1. The Kier molecular flexibility index (Phi) is 5.84. The number of hydrogen-bond acceptors (Lipinski definition) is 4. The largest absolute Gasteiger partial charge is 0.495 e. The Labute approximate surface area is 178 Å². The quantitative estimate of drug-likeness (QED) is 0.781. The predicted octanol–water partition coefficient (Wildman–Crippen LogP) is 4.00. The van der Waals surface area contributed by atoms with E-state index in [1.807, 2.05) is 19.1 Å². The monoisotopic (exact) mass is 428 g/mol. The van der Waals surface area contributed by atoms with E-state index in [2.05, 4.69) is 11.4 Å². The molecular formula is C23H28N2O4S. The summed E-state index contributed by atoms with van der Waals surface area (Å²) in [5, 5.41) is 2.90. The van der Waals surface area contributed by atoms with Crippen molar-refractivity contribution in [2.75, 3.05) is 19.0 Å². The van der Waals surface area contributed by atoms with E-state index in [0.717, 1.165) is 44.2 Å². The van der Waals surface area contributed by atoms with Crippen molar-refractivity contribution in [3.8, 4) is 5.75 Å². The van der Waals surface area contributed by atoms with Crippen LogP contribution in [0.4, 0.5) is 5.69 Å². The summed E-state index contributed by atoms with van der Waals surface area (Å²) in [5.41, 5.74) is 3.62. The first-order valence-corrected chi connectivity index (χ1v) is 12.0. The van der Waals surface area contributed by atoms with Crippen LogP contribution in [0, 0.1) is 0 Å². The molecule has 6 nitrogen and oxygen atoms in total. The van der Waals surface area contributed by atoms with Crippen LogP contribution in [0.15, 0.2) is 41.3 Å². The number of nitrogens with one attached hydrogen (secondary N) is 1. The molecule has 160 valence electrons. The van der Waals surface area contributed by atoms with E-state index in [4.69, 9.17) is 4.74 Å². The normalized spacial score (nSPS) is 19.3. The molecule has 0 saturated carbocycles. The second kappa shape index (κ2) is 8.40. The van der Waals surface area contributed by atoms with Crippen LogP contribution in [-0.4, -0.2) is 38.3 Å². The van der Waals surface area contributed by atoms with Crippen molar-refractivity contribution >= 4 is 21.6 Å². The van der Waals surface area contributed by atoms with E-state index in [9.17, 15) is 13.2 Å². The lowest BCUT2D eigenvalue weighted by atomic mass is 10.1. The fraction of sp³-hybridized carbons (Fsp3) is 0.435. The van der Waals surface area contributed by atoms with Crippen LogP contribution < -0.4 is 10.1 Å². The van der Waals surface area contributed by atoms with E-state index >= 15 is 0 Å². The molecule has 1 saturated heterocycles. The van der Waals surface area contributed by atoms with Crippen molar-refractivity contribution in [1.82, 2.24) is 4.31 Å². The lowest BCUT2D eigenvalue weighted by molar-refractivity contribution is 0.102. The number of benzene rings is 2. The van der Waals surface area contributed by atoms with Gasteiger partial charge in [-0.15, -0.1) is 0 Å². The summed E-state index contributed by atoms with van der Waals surface area (Å²) in [4.78, 5) is 12.9. The number of methoxy groups -OCH3 is 1. The zero-order valence-corrected chi connectivity index (χ0v) is 18.3. The molecule has 1 aliphatic carbocycles. The summed E-state index contributed by atoms with van der Waals surface area (Å²) < 4.78 is 33.6. The van der Waals surface area contributed by atoms with Gasteiger partial charge in [0, 0.05) is 23.8 Å². The van der Waals surface area contributed by atoms with Gasteiger partial charge in [-0.25, -0.2) is 8.42 Å². The summed E-state index contributed by atoms with van der Waals surface area (Å²) in [6, 6.07) is 10.5. The highest BCUT2D eigenvalue weighted by molar-refractivity contribution is 7.89. The molecule has 0 spiro atoms. The third-order valence-corrected chi connectivity index (χ3v) is 8.15. The summed E-state index contributed by atoms with van der Waals surface area (Å²) in [5.74, 6) is -0.0828. The molecule has 0 bridgehead atoms. The first kappa shape index (κ1) is 20.9. The average molecular weight is 429 g/mol. The van der Waals surface area contributed by atoms with Crippen LogP contribution >= 0.6 is 0 Å². The van der Waals surface area contributed by atoms with Gasteiger partial charge in [0.1, 0.15) is 10.6 Å². The van der Waals surface area contributed by atoms with Crippen molar-refractivity contribution in [1.29, 1.82) is 0 Å². The third kappa shape index (κ3) is 3.96. The number of aryl methyl sites for hydroxylation is 2. The van der Waals surface area contributed by atoms with Gasteiger partial charge in [0.25, 0.3) is 5.91 Å². The minimum atomic E-state index is -3.76. The van der Waals surface area contributed by atoms with E-state index in [1.165, 1.54) is 28.6 Å². The zero-order valence-electron chi connectivity index (χ0n) is 17.5. The van der Waals surface area contributed by atoms with Gasteiger partial charge in [0.05, 0.1) is 7.11 Å². The van der Waals surface area contributed by atoms with E-state index in [1.54, 1.807) is 12.1 Å². The molecule has 4 rings (SSSR count). The van der Waals surface area contributed by atoms with Crippen LogP contribution in [0.3, 0.4) is 0 Å². The number of nitrogens with zero attached hydrogens (tertiary/aromatic N) is 1. The second-order valence-corrected chi connectivity index (χ2v) is 9.98. The van der Waals surface area contributed by atoms with Crippen molar-refractivity contribution in [2.24, 2.45) is 0 Å². The minimum Gasteiger partial charge on any atom is -0.495 e. The van der Waals surface area contributed by atoms with Crippen LogP contribution in [0.5, 0.6) is 5.75 Å². The lowest BCUT2D eigenvalue weighted by Crippen LogP contribution is -2.42. The Hall–Kier alpha value is -2.38. The smallest absolute Gasteiger partial charge is 0.255 e. The highest BCUT2D eigenvalue weighted by Gasteiger charge is 2.33. The highest BCUT2D eigenvalue weighted by Crippen LogP contribution is 2.32. The molecule has 7 heteroatoms. The van der Waals surface area contributed by atoms with Gasteiger partial charge in [0.15, 0.2) is 0 Å². The summed E-state index contributed by atoms with van der Waals surface area (Å²) >= 11 is 0. The molecule has 1 aliphatic heterocycles. The van der Waals surface area contributed by atoms with Gasteiger partial charge in [-0.3, -0.25) is 4.79 Å². The number of hydrogen-bond donors (Lipinski definition) is 1. The molecule has 1 fully saturated rings. The number of sulfonamides is 1. The maximum atomic E-state index is 13.4. The molecule has 0 aromatic heterocycles. The maximum absolute atomic E-state index is 13.4. The van der Waals surface area contributed by atoms with Gasteiger partial charge < -0.3 is 10.1 Å². The van der Waals surface area contributed by atoms with E-state index in [0.29, 0.717) is 12.1 Å². The number of amides is 1. The molecule has 2 aromatic carbocycles. The molecule has 1 N–H and O–H groups in total. The summed E-state index contributed by atoms with van der Waals surface area (Å²) in [6.45, 7) is 2.41. The standard InChI is InChI=1S/C23H28N2O4S/c1-16-6-3-4-13-25(16)30(27,28)22-15-19(10-12-21(22)29-2)23(26)24-20-11-9-17-7-5-8-18(17)14-20/h9-12,14-16H,3-8,13H2,1-2H3,(H,24,26). The number of piperidine rings is 1. The number of ether oxygens (including phenoxy) is 1. The molecule has 30 heavy (non-hydrogen) atoms. The third-order valence-electron chi connectivity index (χ3n) is 6.11. The Balaban J connectivity index is 1.63. The minimum absolute atomic E-state index is 0.0420. The topological polar surface area (TPSA) is 75.7 Å². The molecular weight excluding hydrogens is 400 g/mol. The Morgan fingerprint density at radius 1 is 1.07 bits per heavy atom.